The van der Waals surface area contributed by atoms with Crippen molar-refractivity contribution in [2.24, 2.45) is 0 Å². The number of methoxy groups -OCH3 is 1. The van der Waals surface area contributed by atoms with Gasteiger partial charge in [0.15, 0.2) is 5.82 Å². The molecule has 7 nitrogen and oxygen atoms in total. The fraction of sp³-hybridized carbons (Fsp3) is 0.208. The zero-order chi connectivity index (χ0) is 22.5. The largest absolute Gasteiger partial charge is 0.497 e. The highest BCUT2D eigenvalue weighted by molar-refractivity contribution is 7.99. The number of hydrogen-bond acceptors (Lipinski definition) is 5. The Balaban J connectivity index is 1.50. The van der Waals surface area contributed by atoms with Gasteiger partial charge in [-0.3, -0.25) is 9.47 Å². The quantitative estimate of drug-likeness (QED) is 0.407. The fourth-order valence-electron chi connectivity index (χ4n) is 3.49. The van der Waals surface area contributed by atoms with E-state index in [1.165, 1.54) is 11.8 Å². The highest BCUT2D eigenvalue weighted by atomic mass is 32.2. The van der Waals surface area contributed by atoms with Crippen molar-refractivity contribution in [3.05, 3.63) is 89.5 Å². The minimum Gasteiger partial charge on any atom is -0.497 e. The van der Waals surface area contributed by atoms with Gasteiger partial charge >= 0.3 is 0 Å². The Kier molecular flexibility index (Phi) is 6.61. The molecule has 0 saturated carbocycles. The molecule has 0 aliphatic rings. The average Bonchev–Trinajstić information content (AvgIpc) is 3.42. The van der Waals surface area contributed by atoms with Crippen molar-refractivity contribution in [1.82, 2.24) is 19.5 Å². The molecule has 0 unspecified atom stereocenters. The van der Waals surface area contributed by atoms with Crippen LogP contribution < -0.4 is 10.1 Å². The highest BCUT2D eigenvalue weighted by Crippen LogP contribution is 2.21. The van der Waals surface area contributed by atoms with E-state index in [4.69, 9.17) is 4.74 Å². The van der Waals surface area contributed by atoms with E-state index >= 15 is 0 Å². The molecule has 0 bridgehead atoms. The van der Waals surface area contributed by atoms with Crippen LogP contribution in [0.15, 0.2) is 72.1 Å². The van der Waals surface area contributed by atoms with Gasteiger partial charge < -0.3 is 10.1 Å². The number of nitrogens with zero attached hydrogens (tertiary/aromatic N) is 4. The van der Waals surface area contributed by atoms with Gasteiger partial charge in [-0.05, 0) is 66.9 Å². The van der Waals surface area contributed by atoms with Crippen molar-refractivity contribution in [3.8, 4) is 5.75 Å². The summed E-state index contributed by atoms with van der Waals surface area (Å²) in [5, 5.41) is 12.4. The van der Waals surface area contributed by atoms with Gasteiger partial charge in [-0.1, -0.05) is 30.0 Å². The molecule has 2 heterocycles. The monoisotopic (exact) mass is 447 g/mol. The van der Waals surface area contributed by atoms with Crippen LogP contribution in [0.25, 0.3) is 0 Å². The third-order valence-electron chi connectivity index (χ3n) is 4.86. The summed E-state index contributed by atoms with van der Waals surface area (Å²) in [4.78, 5) is 12.6. The van der Waals surface area contributed by atoms with Crippen molar-refractivity contribution in [2.75, 3.05) is 18.2 Å². The van der Waals surface area contributed by atoms with Gasteiger partial charge in [0, 0.05) is 24.5 Å². The Labute approximate surface area is 191 Å². The van der Waals surface area contributed by atoms with Crippen LogP contribution in [0.3, 0.4) is 0 Å². The first-order valence-electron chi connectivity index (χ1n) is 10.2. The third kappa shape index (κ3) is 5.20. The Morgan fingerprint density at radius 2 is 1.72 bits per heavy atom. The SMILES string of the molecule is COc1ccc(Cc2nnc(SCC(=O)Nc3cc(C)cc(C)c3)n2-n2cccc2)cc1. The number of carbonyl (C=O) groups excluding carboxylic acids is 1. The summed E-state index contributed by atoms with van der Waals surface area (Å²) in [7, 11) is 1.65. The fourth-order valence-corrected chi connectivity index (χ4v) is 4.24. The molecule has 4 aromatic rings. The van der Waals surface area contributed by atoms with Crippen LogP contribution in [0.4, 0.5) is 5.69 Å². The topological polar surface area (TPSA) is 74.0 Å². The van der Waals surface area contributed by atoms with E-state index in [-0.39, 0.29) is 11.7 Å². The van der Waals surface area contributed by atoms with Crippen LogP contribution >= 0.6 is 11.8 Å². The molecule has 4 rings (SSSR count). The average molecular weight is 448 g/mol. The molecule has 1 N–H and O–H groups in total. The number of rotatable bonds is 8. The predicted octanol–water partition coefficient (Wildman–Crippen LogP) is 4.34. The number of benzene rings is 2. The van der Waals surface area contributed by atoms with E-state index in [0.29, 0.717) is 11.6 Å². The first-order valence-corrected chi connectivity index (χ1v) is 11.2. The van der Waals surface area contributed by atoms with Gasteiger partial charge in [0.05, 0.1) is 12.9 Å². The molecule has 32 heavy (non-hydrogen) atoms. The molecule has 8 heteroatoms. The maximum Gasteiger partial charge on any atom is 0.234 e. The molecule has 0 aliphatic carbocycles. The van der Waals surface area contributed by atoms with Crippen LogP contribution in [0.1, 0.15) is 22.5 Å². The zero-order valence-corrected chi connectivity index (χ0v) is 19.1. The number of hydrogen-bond donors (Lipinski definition) is 1. The number of thioether (sulfide) groups is 1. The van der Waals surface area contributed by atoms with Gasteiger partial charge in [0.25, 0.3) is 0 Å². The Morgan fingerprint density at radius 3 is 2.38 bits per heavy atom. The Morgan fingerprint density at radius 1 is 1.03 bits per heavy atom. The van der Waals surface area contributed by atoms with Gasteiger partial charge in [0.2, 0.25) is 11.1 Å². The Hall–Kier alpha value is -3.52. The molecular formula is C24H25N5O2S. The van der Waals surface area contributed by atoms with Crippen molar-refractivity contribution in [3.63, 3.8) is 0 Å². The molecule has 0 saturated heterocycles. The number of anilines is 1. The summed E-state index contributed by atoms with van der Waals surface area (Å²) in [5.41, 5.74) is 4.13. The Bertz CT molecular complexity index is 1180. The van der Waals surface area contributed by atoms with Crippen molar-refractivity contribution in [2.45, 2.75) is 25.4 Å². The molecule has 0 radical (unpaired) electrons. The van der Waals surface area contributed by atoms with Crippen LogP contribution in [0.5, 0.6) is 5.75 Å². The molecule has 0 aliphatic heterocycles. The summed E-state index contributed by atoms with van der Waals surface area (Å²) in [6, 6.07) is 17.8. The van der Waals surface area contributed by atoms with Crippen molar-refractivity contribution in [1.29, 1.82) is 0 Å². The summed E-state index contributed by atoms with van der Waals surface area (Å²) in [6.07, 6.45) is 4.46. The van der Waals surface area contributed by atoms with E-state index in [9.17, 15) is 4.79 Å². The van der Waals surface area contributed by atoms with Crippen molar-refractivity contribution < 1.29 is 9.53 Å². The lowest BCUT2D eigenvalue weighted by atomic mass is 10.1. The van der Waals surface area contributed by atoms with Gasteiger partial charge in [-0.25, -0.2) is 4.68 Å². The van der Waals surface area contributed by atoms with Gasteiger partial charge in [-0.2, -0.15) is 0 Å². The third-order valence-corrected chi connectivity index (χ3v) is 5.77. The number of carbonyl (C=O) groups is 1. The molecule has 0 spiro atoms. The number of nitrogens with one attached hydrogen (secondary N) is 1. The van der Waals surface area contributed by atoms with E-state index in [1.807, 2.05) is 84.1 Å². The van der Waals surface area contributed by atoms with Crippen LogP contribution in [0.2, 0.25) is 0 Å². The molecule has 0 fully saturated rings. The second-order valence-corrected chi connectivity index (χ2v) is 8.45. The maximum absolute atomic E-state index is 12.6. The minimum absolute atomic E-state index is 0.0845. The first-order chi connectivity index (χ1) is 15.5. The number of ether oxygens (including phenoxy) is 1. The van der Waals surface area contributed by atoms with Crippen LogP contribution in [-0.2, 0) is 11.2 Å². The molecular weight excluding hydrogens is 422 g/mol. The highest BCUT2D eigenvalue weighted by Gasteiger charge is 2.16. The van der Waals surface area contributed by atoms with E-state index in [2.05, 4.69) is 21.6 Å². The lowest BCUT2D eigenvalue weighted by Gasteiger charge is -2.12. The first kappa shape index (κ1) is 21.7. The lowest BCUT2D eigenvalue weighted by Crippen LogP contribution is -2.16. The van der Waals surface area contributed by atoms with Gasteiger partial charge in [0.1, 0.15) is 5.75 Å². The normalized spacial score (nSPS) is 10.8. The maximum atomic E-state index is 12.6. The second kappa shape index (κ2) is 9.74. The molecule has 1 amide bonds. The minimum atomic E-state index is -0.0845. The summed E-state index contributed by atoms with van der Waals surface area (Å²) >= 11 is 1.35. The molecule has 2 aromatic carbocycles. The smallest absolute Gasteiger partial charge is 0.234 e. The van der Waals surface area contributed by atoms with E-state index in [0.717, 1.165) is 34.0 Å². The lowest BCUT2D eigenvalue weighted by molar-refractivity contribution is -0.113. The van der Waals surface area contributed by atoms with Crippen molar-refractivity contribution >= 4 is 23.4 Å². The number of aromatic nitrogens is 4. The molecule has 0 atom stereocenters. The predicted molar refractivity (Wildman–Crippen MR) is 126 cm³/mol. The van der Waals surface area contributed by atoms with E-state index < -0.39 is 0 Å². The van der Waals surface area contributed by atoms with Crippen LogP contribution in [0, 0.1) is 13.8 Å². The summed E-state index contributed by atoms with van der Waals surface area (Å²) in [6.45, 7) is 4.03. The molecule has 2 aromatic heterocycles. The second-order valence-electron chi connectivity index (χ2n) is 7.51. The summed E-state index contributed by atoms with van der Waals surface area (Å²) in [5.74, 6) is 1.74. The van der Waals surface area contributed by atoms with Gasteiger partial charge in [-0.15, -0.1) is 10.2 Å². The number of aryl methyl sites for hydroxylation is 2. The van der Waals surface area contributed by atoms with Crippen LogP contribution in [-0.4, -0.2) is 38.3 Å². The standard InChI is InChI=1S/C24H25N5O2S/c1-17-12-18(2)14-20(13-17)25-23(30)16-32-24-27-26-22(29(24)28-10-4-5-11-28)15-19-6-8-21(31-3)9-7-19/h4-14H,15-16H2,1-3H3,(H,25,30). The number of amides is 1. The van der Waals surface area contributed by atoms with E-state index in [1.54, 1.807) is 7.11 Å². The molecule has 164 valence electrons. The zero-order valence-electron chi connectivity index (χ0n) is 18.3. The summed E-state index contributed by atoms with van der Waals surface area (Å²) < 4.78 is 9.09.